The molecule has 0 bridgehead atoms. The van der Waals surface area contributed by atoms with Gasteiger partial charge >= 0.3 is 7.12 Å². The van der Waals surface area contributed by atoms with Crippen molar-refractivity contribution < 1.29 is 14.8 Å². The van der Waals surface area contributed by atoms with E-state index in [2.05, 4.69) is 15.9 Å². The number of benzene rings is 1. The Bertz CT molecular complexity index is 352. The van der Waals surface area contributed by atoms with Gasteiger partial charge in [-0.3, -0.25) is 4.79 Å². The molecule has 1 aromatic carbocycles. The van der Waals surface area contributed by atoms with Crippen LogP contribution in [0.2, 0.25) is 0 Å². The molecular formula is C9H10BBrO3. The van der Waals surface area contributed by atoms with Crippen molar-refractivity contribution in [2.24, 2.45) is 0 Å². The summed E-state index contributed by atoms with van der Waals surface area (Å²) in [4.78, 5) is 11.4. The number of hydrogen-bond acceptors (Lipinski definition) is 3. The SMILES string of the molecule is CCC(=O)c1cc(Br)ccc1B(O)O. The topological polar surface area (TPSA) is 57.5 Å². The van der Waals surface area contributed by atoms with Crippen LogP contribution in [0.1, 0.15) is 23.7 Å². The Morgan fingerprint density at radius 2 is 2.14 bits per heavy atom. The van der Waals surface area contributed by atoms with Gasteiger partial charge in [0.25, 0.3) is 0 Å². The maximum Gasteiger partial charge on any atom is 0.489 e. The van der Waals surface area contributed by atoms with Crippen molar-refractivity contribution in [3.8, 4) is 0 Å². The van der Waals surface area contributed by atoms with Gasteiger partial charge in [-0.15, -0.1) is 0 Å². The van der Waals surface area contributed by atoms with E-state index < -0.39 is 7.12 Å². The van der Waals surface area contributed by atoms with E-state index >= 15 is 0 Å². The standard InChI is InChI=1S/C9H10BBrO3/c1-2-9(12)7-5-6(11)3-4-8(7)10(13)14/h3-5,13-14H,2H2,1H3. The van der Waals surface area contributed by atoms with Crippen LogP contribution in [0.3, 0.4) is 0 Å². The Labute approximate surface area is 91.0 Å². The summed E-state index contributed by atoms with van der Waals surface area (Å²) in [5.74, 6) is -0.102. The molecule has 0 fully saturated rings. The molecule has 14 heavy (non-hydrogen) atoms. The number of halogens is 1. The van der Waals surface area contributed by atoms with Crippen molar-refractivity contribution in [2.75, 3.05) is 0 Å². The normalized spacial score (nSPS) is 10.0. The third kappa shape index (κ3) is 2.44. The second-order valence-corrected chi connectivity index (χ2v) is 3.80. The summed E-state index contributed by atoms with van der Waals surface area (Å²) < 4.78 is 0.749. The number of carbonyl (C=O) groups excluding carboxylic acids is 1. The van der Waals surface area contributed by atoms with Gasteiger partial charge in [0.15, 0.2) is 5.78 Å². The molecule has 3 nitrogen and oxygen atoms in total. The molecular weight excluding hydrogens is 247 g/mol. The lowest BCUT2D eigenvalue weighted by Gasteiger charge is -2.07. The van der Waals surface area contributed by atoms with Crippen LogP contribution in [0.5, 0.6) is 0 Å². The van der Waals surface area contributed by atoms with Crippen molar-refractivity contribution in [1.82, 2.24) is 0 Å². The first-order chi connectivity index (χ1) is 6.56. The Kier molecular flexibility index (Phi) is 3.86. The highest BCUT2D eigenvalue weighted by molar-refractivity contribution is 9.10. The molecule has 0 aliphatic heterocycles. The Morgan fingerprint density at radius 3 is 2.64 bits per heavy atom. The Hall–Kier alpha value is -0.645. The van der Waals surface area contributed by atoms with Crippen LogP contribution < -0.4 is 5.46 Å². The molecule has 0 heterocycles. The molecule has 0 amide bonds. The molecule has 74 valence electrons. The predicted octanol–water partition coefficient (Wildman–Crippen LogP) is 0.722. The van der Waals surface area contributed by atoms with Gasteiger partial charge in [0.2, 0.25) is 0 Å². The third-order valence-electron chi connectivity index (χ3n) is 1.92. The van der Waals surface area contributed by atoms with Crippen LogP contribution in [0.25, 0.3) is 0 Å². The molecule has 0 saturated carbocycles. The summed E-state index contributed by atoms with van der Waals surface area (Å²) in [7, 11) is -1.60. The molecule has 0 aliphatic carbocycles. The summed E-state index contributed by atoms with van der Waals surface area (Å²) >= 11 is 3.23. The van der Waals surface area contributed by atoms with Crippen molar-refractivity contribution in [3.05, 3.63) is 28.2 Å². The Balaban J connectivity index is 3.22. The van der Waals surface area contributed by atoms with Gasteiger partial charge in [-0.05, 0) is 17.6 Å². The second-order valence-electron chi connectivity index (χ2n) is 2.88. The van der Waals surface area contributed by atoms with E-state index in [1.807, 2.05) is 0 Å². The molecule has 1 rings (SSSR count). The smallest absolute Gasteiger partial charge is 0.423 e. The molecule has 0 saturated heterocycles. The van der Waals surface area contributed by atoms with Crippen molar-refractivity contribution in [3.63, 3.8) is 0 Å². The zero-order valence-electron chi connectivity index (χ0n) is 7.70. The van der Waals surface area contributed by atoms with E-state index in [-0.39, 0.29) is 11.2 Å². The van der Waals surface area contributed by atoms with Crippen LogP contribution in [0, 0.1) is 0 Å². The molecule has 2 N–H and O–H groups in total. The van der Waals surface area contributed by atoms with Gasteiger partial charge < -0.3 is 10.0 Å². The number of Topliss-reactive ketones (excluding diaryl/α,β-unsaturated/α-hetero) is 1. The van der Waals surface area contributed by atoms with Gasteiger partial charge in [0.05, 0.1) is 0 Å². The molecule has 0 unspecified atom stereocenters. The largest absolute Gasteiger partial charge is 0.489 e. The first-order valence-corrected chi connectivity index (χ1v) is 5.04. The molecule has 0 aromatic heterocycles. The molecule has 5 heteroatoms. The quantitative estimate of drug-likeness (QED) is 0.619. The number of hydrogen-bond donors (Lipinski definition) is 2. The van der Waals surface area contributed by atoms with E-state index in [9.17, 15) is 4.79 Å². The number of carbonyl (C=O) groups is 1. The zero-order valence-corrected chi connectivity index (χ0v) is 9.28. The predicted molar refractivity (Wildman–Crippen MR) is 58.6 cm³/mol. The minimum absolute atomic E-state index is 0.102. The molecule has 0 atom stereocenters. The molecule has 0 spiro atoms. The van der Waals surface area contributed by atoms with Crippen LogP contribution in [0.4, 0.5) is 0 Å². The highest BCUT2D eigenvalue weighted by Crippen LogP contribution is 2.12. The fourth-order valence-corrected chi connectivity index (χ4v) is 1.55. The van der Waals surface area contributed by atoms with Crippen LogP contribution in [-0.4, -0.2) is 22.9 Å². The lowest BCUT2D eigenvalue weighted by Crippen LogP contribution is -2.34. The van der Waals surface area contributed by atoms with E-state index in [0.717, 1.165) is 4.47 Å². The van der Waals surface area contributed by atoms with Gasteiger partial charge in [0.1, 0.15) is 0 Å². The summed E-state index contributed by atoms with van der Waals surface area (Å²) in [5.41, 5.74) is 0.608. The van der Waals surface area contributed by atoms with E-state index in [0.29, 0.717) is 12.0 Å². The van der Waals surface area contributed by atoms with Crippen LogP contribution in [-0.2, 0) is 0 Å². The highest BCUT2D eigenvalue weighted by atomic mass is 79.9. The van der Waals surface area contributed by atoms with Gasteiger partial charge in [-0.1, -0.05) is 28.9 Å². The molecule has 0 aliphatic rings. The monoisotopic (exact) mass is 256 g/mol. The van der Waals surface area contributed by atoms with Crippen molar-refractivity contribution in [2.45, 2.75) is 13.3 Å². The molecule has 1 aromatic rings. The second kappa shape index (κ2) is 4.73. The lowest BCUT2D eigenvalue weighted by atomic mass is 9.76. The van der Waals surface area contributed by atoms with Crippen LogP contribution in [0.15, 0.2) is 22.7 Å². The van der Waals surface area contributed by atoms with Crippen molar-refractivity contribution >= 4 is 34.3 Å². The first kappa shape index (κ1) is 11.4. The summed E-state index contributed by atoms with van der Waals surface area (Å²) in [5, 5.41) is 18.1. The van der Waals surface area contributed by atoms with Gasteiger partial charge in [0, 0.05) is 16.5 Å². The third-order valence-corrected chi connectivity index (χ3v) is 2.41. The highest BCUT2D eigenvalue weighted by Gasteiger charge is 2.19. The van der Waals surface area contributed by atoms with E-state index in [4.69, 9.17) is 10.0 Å². The molecule has 0 radical (unpaired) electrons. The maximum atomic E-state index is 11.4. The maximum absolute atomic E-state index is 11.4. The number of ketones is 1. The zero-order chi connectivity index (χ0) is 10.7. The van der Waals surface area contributed by atoms with Gasteiger partial charge in [-0.25, -0.2) is 0 Å². The van der Waals surface area contributed by atoms with E-state index in [1.165, 1.54) is 6.07 Å². The summed E-state index contributed by atoms with van der Waals surface area (Å²) in [6, 6.07) is 4.79. The van der Waals surface area contributed by atoms with Gasteiger partial charge in [-0.2, -0.15) is 0 Å². The van der Waals surface area contributed by atoms with Crippen LogP contribution >= 0.6 is 15.9 Å². The summed E-state index contributed by atoms with van der Waals surface area (Å²) in [6.07, 6.45) is 0.343. The summed E-state index contributed by atoms with van der Waals surface area (Å²) in [6.45, 7) is 1.73. The first-order valence-electron chi connectivity index (χ1n) is 4.25. The van der Waals surface area contributed by atoms with Crippen molar-refractivity contribution in [1.29, 1.82) is 0 Å². The van der Waals surface area contributed by atoms with E-state index in [1.54, 1.807) is 19.1 Å². The minimum Gasteiger partial charge on any atom is -0.423 e. The number of rotatable bonds is 3. The average molecular weight is 257 g/mol. The minimum atomic E-state index is -1.60. The average Bonchev–Trinajstić information content (AvgIpc) is 2.16. The fraction of sp³-hybridized carbons (Fsp3) is 0.222. The Morgan fingerprint density at radius 1 is 1.50 bits per heavy atom. The lowest BCUT2D eigenvalue weighted by molar-refractivity contribution is 0.0988. The fourth-order valence-electron chi connectivity index (χ4n) is 1.19.